The van der Waals surface area contributed by atoms with E-state index < -0.39 is 0 Å². The minimum Gasteiger partial charge on any atom is -0.481 e. The highest BCUT2D eigenvalue weighted by Crippen LogP contribution is 2.18. The predicted molar refractivity (Wildman–Crippen MR) is 124 cm³/mol. The second kappa shape index (κ2) is 11.6. The normalized spacial score (nSPS) is 10.4. The van der Waals surface area contributed by atoms with E-state index in [2.05, 4.69) is 16.8 Å². The number of pyridine rings is 1. The van der Waals surface area contributed by atoms with Crippen LogP contribution in [-0.4, -0.2) is 22.4 Å². The summed E-state index contributed by atoms with van der Waals surface area (Å²) in [6.07, 6.45) is 6.78. The van der Waals surface area contributed by atoms with Crippen molar-refractivity contribution in [2.45, 2.75) is 20.0 Å². The summed E-state index contributed by atoms with van der Waals surface area (Å²) in [4.78, 5) is 18.9. The molecule has 31 heavy (non-hydrogen) atoms. The van der Waals surface area contributed by atoms with Crippen LogP contribution in [0.2, 0.25) is 5.02 Å². The summed E-state index contributed by atoms with van der Waals surface area (Å²) in [6.45, 7) is 3.04. The average molecular weight is 431 g/mol. The number of hydrogen-bond donors (Lipinski definition) is 0. The number of carbonyl (C=O) groups excluding carboxylic acids is 1. The van der Waals surface area contributed by atoms with Crippen LogP contribution in [0, 0.1) is 11.8 Å². The third-order valence-electron chi connectivity index (χ3n) is 4.50. The molecule has 3 rings (SSSR count). The Morgan fingerprint density at radius 2 is 1.84 bits per heavy atom. The maximum Gasteiger partial charge on any atom is 0.247 e. The molecule has 0 bridgehead atoms. The van der Waals surface area contributed by atoms with Crippen molar-refractivity contribution >= 4 is 23.6 Å². The average Bonchev–Trinajstić information content (AvgIpc) is 2.80. The molecule has 0 fully saturated rings. The van der Waals surface area contributed by atoms with Gasteiger partial charge in [0.2, 0.25) is 5.91 Å². The van der Waals surface area contributed by atoms with Gasteiger partial charge in [0.25, 0.3) is 0 Å². The van der Waals surface area contributed by atoms with Gasteiger partial charge in [0.15, 0.2) is 0 Å². The highest BCUT2D eigenvalue weighted by Gasteiger charge is 2.13. The van der Waals surface area contributed by atoms with Crippen LogP contribution >= 0.6 is 11.6 Å². The molecule has 5 heteroatoms. The zero-order chi connectivity index (χ0) is 21.9. The van der Waals surface area contributed by atoms with Crippen molar-refractivity contribution in [2.75, 3.05) is 6.61 Å². The number of nitrogens with zero attached hydrogens (tertiary/aromatic N) is 2. The largest absolute Gasteiger partial charge is 0.481 e. The highest BCUT2D eigenvalue weighted by molar-refractivity contribution is 6.32. The topological polar surface area (TPSA) is 42.4 Å². The summed E-state index contributed by atoms with van der Waals surface area (Å²) in [5, 5.41) is 0.605. The minimum absolute atomic E-state index is 0.109. The number of amides is 1. The Bertz CT molecular complexity index is 1080. The smallest absolute Gasteiger partial charge is 0.247 e. The number of carbonyl (C=O) groups is 1. The number of halogens is 1. The van der Waals surface area contributed by atoms with Crippen LogP contribution in [0.3, 0.4) is 0 Å². The quantitative estimate of drug-likeness (QED) is 0.356. The van der Waals surface area contributed by atoms with Gasteiger partial charge in [-0.25, -0.2) is 0 Å². The van der Waals surface area contributed by atoms with E-state index in [0.29, 0.717) is 24.7 Å². The Kier molecular flexibility index (Phi) is 8.28. The van der Waals surface area contributed by atoms with Crippen LogP contribution in [0.25, 0.3) is 6.08 Å². The molecule has 0 aliphatic carbocycles. The van der Waals surface area contributed by atoms with Gasteiger partial charge < -0.3 is 9.64 Å². The molecule has 1 amide bonds. The van der Waals surface area contributed by atoms with Gasteiger partial charge in [0.1, 0.15) is 12.4 Å². The number of aromatic nitrogens is 1. The van der Waals surface area contributed by atoms with Gasteiger partial charge in [-0.05, 0) is 54.0 Å². The van der Waals surface area contributed by atoms with E-state index in [1.165, 1.54) is 0 Å². The summed E-state index contributed by atoms with van der Waals surface area (Å²) >= 11 is 6.20. The lowest BCUT2D eigenvalue weighted by Gasteiger charge is -2.21. The van der Waals surface area contributed by atoms with Crippen LogP contribution in [-0.2, 0) is 17.9 Å². The number of ether oxygens (including phenoxy) is 1. The van der Waals surface area contributed by atoms with Crippen molar-refractivity contribution in [2.24, 2.45) is 0 Å². The molecule has 0 N–H and O–H groups in total. The van der Waals surface area contributed by atoms with Gasteiger partial charge in [0.05, 0.1) is 0 Å². The molecule has 0 radical (unpaired) electrons. The maximum absolute atomic E-state index is 13.0. The number of rotatable bonds is 8. The molecule has 0 aliphatic rings. The van der Waals surface area contributed by atoms with Crippen molar-refractivity contribution < 1.29 is 9.53 Å². The van der Waals surface area contributed by atoms with Crippen molar-refractivity contribution in [3.05, 3.63) is 101 Å². The first-order chi connectivity index (χ1) is 15.2. The molecule has 0 spiro atoms. The van der Waals surface area contributed by atoms with Crippen molar-refractivity contribution in [1.29, 1.82) is 0 Å². The van der Waals surface area contributed by atoms with Gasteiger partial charge >= 0.3 is 0 Å². The molecule has 0 atom stereocenters. The molecule has 156 valence electrons. The Hall–Kier alpha value is -3.55. The van der Waals surface area contributed by atoms with Crippen LogP contribution in [0.1, 0.15) is 23.6 Å². The van der Waals surface area contributed by atoms with E-state index in [0.717, 1.165) is 22.4 Å². The van der Waals surface area contributed by atoms with Crippen molar-refractivity contribution in [3.8, 4) is 17.6 Å². The van der Waals surface area contributed by atoms with E-state index in [9.17, 15) is 4.79 Å². The Morgan fingerprint density at radius 3 is 2.55 bits per heavy atom. The fourth-order valence-electron chi connectivity index (χ4n) is 2.90. The first kappa shape index (κ1) is 22.1. The van der Waals surface area contributed by atoms with Crippen LogP contribution in [0.5, 0.6) is 5.75 Å². The van der Waals surface area contributed by atoms with Crippen molar-refractivity contribution in [1.82, 2.24) is 9.88 Å². The molecular formula is C26H23ClN2O2. The molecule has 0 aliphatic heterocycles. The Labute approximate surface area is 188 Å². The summed E-state index contributed by atoms with van der Waals surface area (Å²) in [6, 6.07) is 18.9. The van der Waals surface area contributed by atoms with E-state index >= 15 is 0 Å². The molecule has 0 unspecified atom stereocenters. The molecule has 0 saturated carbocycles. The van der Waals surface area contributed by atoms with Gasteiger partial charge in [-0.1, -0.05) is 53.9 Å². The van der Waals surface area contributed by atoms with Gasteiger partial charge in [-0.15, -0.1) is 5.92 Å². The zero-order valence-electron chi connectivity index (χ0n) is 17.3. The van der Waals surface area contributed by atoms with E-state index in [4.69, 9.17) is 16.3 Å². The lowest BCUT2D eigenvalue weighted by molar-refractivity contribution is -0.127. The molecule has 3 aromatic rings. The molecular weight excluding hydrogens is 408 g/mol. The highest BCUT2D eigenvalue weighted by atomic mass is 35.5. The fourth-order valence-corrected chi connectivity index (χ4v) is 3.10. The van der Waals surface area contributed by atoms with E-state index in [1.54, 1.807) is 42.4 Å². The summed E-state index contributed by atoms with van der Waals surface area (Å²) < 4.78 is 5.56. The second-order valence-corrected chi connectivity index (χ2v) is 7.18. The van der Waals surface area contributed by atoms with Crippen molar-refractivity contribution in [3.63, 3.8) is 0 Å². The first-order valence-corrected chi connectivity index (χ1v) is 10.3. The third kappa shape index (κ3) is 7.02. The predicted octanol–water partition coefficient (Wildman–Crippen LogP) is 5.38. The van der Waals surface area contributed by atoms with Gasteiger partial charge in [-0.3, -0.25) is 9.78 Å². The molecule has 1 heterocycles. The SMILES string of the molecule is CC#CCOc1ccc(CN(Cc2cccnc2)C(=O)C=Cc2ccccc2Cl)cc1. The molecule has 4 nitrogen and oxygen atoms in total. The molecule has 2 aromatic carbocycles. The van der Waals surface area contributed by atoms with Gasteiger partial charge in [0, 0.05) is 36.6 Å². The molecule has 0 saturated heterocycles. The minimum atomic E-state index is -0.109. The summed E-state index contributed by atoms with van der Waals surface area (Å²) in [7, 11) is 0. The van der Waals surface area contributed by atoms with Gasteiger partial charge in [-0.2, -0.15) is 0 Å². The van der Waals surface area contributed by atoms with Crippen LogP contribution < -0.4 is 4.74 Å². The maximum atomic E-state index is 13.0. The lowest BCUT2D eigenvalue weighted by atomic mass is 10.1. The fraction of sp³-hybridized carbons (Fsp3) is 0.154. The van der Waals surface area contributed by atoms with Crippen LogP contribution in [0.15, 0.2) is 79.1 Å². The number of hydrogen-bond acceptors (Lipinski definition) is 3. The Morgan fingerprint density at radius 1 is 1.06 bits per heavy atom. The van der Waals surface area contributed by atoms with E-state index in [-0.39, 0.29) is 5.91 Å². The standard InChI is InChI=1S/C26H23ClN2O2/c1-2-3-17-31-24-13-10-21(11-14-24)19-29(20-22-7-6-16-28-18-22)26(30)15-12-23-8-4-5-9-25(23)27/h4-16,18H,17,19-20H2,1H3. The summed E-state index contributed by atoms with van der Waals surface area (Å²) in [5.74, 6) is 6.31. The monoisotopic (exact) mass is 430 g/mol. The Balaban J connectivity index is 1.75. The molecule has 1 aromatic heterocycles. The summed E-state index contributed by atoms with van der Waals surface area (Å²) in [5.41, 5.74) is 2.76. The second-order valence-electron chi connectivity index (χ2n) is 6.77. The van der Waals surface area contributed by atoms with E-state index in [1.807, 2.05) is 54.6 Å². The lowest BCUT2D eigenvalue weighted by Crippen LogP contribution is -2.28. The number of benzene rings is 2. The zero-order valence-corrected chi connectivity index (χ0v) is 18.0. The first-order valence-electron chi connectivity index (χ1n) is 9.87. The van der Waals surface area contributed by atoms with Crippen LogP contribution in [0.4, 0.5) is 0 Å². The third-order valence-corrected chi connectivity index (χ3v) is 4.85.